The van der Waals surface area contributed by atoms with Crippen LogP contribution in [0.4, 0.5) is 11.4 Å². The van der Waals surface area contributed by atoms with Gasteiger partial charge in [-0.1, -0.05) is 12.1 Å². The van der Waals surface area contributed by atoms with E-state index < -0.39 is 0 Å². The van der Waals surface area contributed by atoms with Crippen LogP contribution in [0.5, 0.6) is 0 Å². The highest BCUT2D eigenvalue weighted by atomic mass is 15.2. The predicted molar refractivity (Wildman–Crippen MR) is 73.9 cm³/mol. The van der Waals surface area contributed by atoms with Gasteiger partial charge in [0.1, 0.15) is 0 Å². The lowest BCUT2D eigenvalue weighted by molar-refractivity contribution is 0.691. The highest BCUT2D eigenvalue weighted by Gasteiger charge is 2.29. The van der Waals surface area contributed by atoms with Crippen molar-refractivity contribution < 1.29 is 0 Å². The number of hydrogen-bond acceptors (Lipinski definition) is 2. The molecule has 17 heavy (non-hydrogen) atoms. The summed E-state index contributed by atoms with van der Waals surface area (Å²) in [7, 11) is 0. The first-order chi connectivity index (χ1) is 8.27. The van der Waals surface area contributed by atoms with Crippen molar-refractivity contribution in [3.05, 3.63) is 23.8 Å². The van der Waals surface area contributed by atoms with Crippen LogP contribution >= 0.6 is 0 Å². The highest BCUT2D eigenvalue weighted by Crippen LogP contribution is 2.38. The summed E-state index contributed by atoms with van der Waals surface area (Å²) < 4.78 is 0. The number of anilines is 2. The Kier molecular flexibility index (Phi) is 2.73. The number of nitrogens with zero attached hydrogens (tertiary/aromatic N) is 1. The summed E-state index contributed by atoms with van der Waals surface area (Å²) in [6, 6.07) is 8.14. The third-order valence-electron chi connectivity index (χ3n) is 4.28. The van der Waals surface area contributed by atoms with Gasteiger partial charge in [0.05, 0.1) is 11.4 Å². The first kappa shape index (κ1) is 10.9. The van der Waals surface area contributed by atoms with Crippen molar-refractivity contribution in [2.75, 3.05) is 16.8 Å². The minimum atomic E-state index is 0.681. The zero-order valence-electron chi connectivity index (χ0n) is 10.9. The zero-order valence-corrected chi connectivity index (χ0v) is 10.9. The fraction of sp³-hybridized carbons (Fsp3) is 0.600. The fourth-order valence-electron chi connectivity index (χ4n) is 3.38. The SMILES string of the molecule is C[C@@H]1CC[C@@H](C)N1c1cccc2c1NCCC2. The molecule has 0 bridgehead atoms. The second-order valence-corrected chi connectivity index (χ2v) is 5.52. The lowest BCUT2D eigenvalue weighted by atomic mass is 10.0. The van der Waals surface area contributed by atoms with Crippen LogP contribution in [0.3, 0.4) is 0 Å². The molecule has 3 rings (SSSR count). The molecule has 0 aliphatic carbocycles. The normalized spacial score (nSPS) is 27.8. The van der Waals surface area contributed by atoms with E-state index >= 15 is 0 Å². The number of hydrogen-bond donors (Lipinski definition) is 1. The van der Waals surface area contributed by atoms with Gasteiger partial charge in [0.15, 0.2) is 0 Å². The molecule has 0 amide bonds. The minimum absolute atomic E-state index is 0.681. The number of benzene rings is 1. The van der Waals surface area contributed by atoms with E-state index in [9.17, 15) is 0 Å². The van der Waals surface area contributed by atoms with Crippen LogP contribution in [0, 0.1) is 0 Å². The van der Waals surface area contributed by atoms with Crippen molar-refractivity contribution in [1.82, 2.24) is 0 Å². The lowest BCUT2D eigenvalue weighted by Gasteiger charge is -2.33. The van der Waals surface area contributed by atoms with E-state index in [0.717, 1.165) is 6.54 Å². The van der Waals surface area contributed by atoms with Crippen LogP contribution in [0.25, 0.3) is 0 Å². The van der Waals surface area contributed by atoms with E-state index in [1.807, 2.05) is 0 Å². The first-order valence-electron chi connectivity index (χ1n) is 6.91. The summed E-state index contributed by atoms with van der Waals surface area (Å²) in [5.41, 5.74) is 4.33. The standard InChI is InChI=1S/C15H22N2/c1-11-8-9-12(2)17(11)14-7-3-5-13-6-4-10-16-15(13)14/h3,5,7,11-12,16H,4,6,8-10H2,1-2H3/t11-,12-/m1/s1. The predicted octanol–water partition coefficient (Wildman–Crippen LogP) is 3.42. The number of fused-ring (bicyclic) bond motifs is 1. The van der Waals surface area contributed by atoms with Gasteiger partial charge in [0.2, 0.25) is 0 Å². The Balaban J connectivity index is 2.02. The summed E-state index contributed by atoms with van der Waals surface area (Å²) in [6.45, 7) is 5.83. The maximum atomic E-state index is 3.61. The minimum Gasteiger partial charge on any atom is -0.383 e. The van der Waals surface area contributed by atoms with Gasteiger partial charge in [0.25, 0.3) is 0 Å². The Bertz CT molecular complexity index is 403. The van der Waals surface area contributed by atoms with Gasteiger partial charge < -0.3 is 10.2 Å². The van der Waals surface area contributed by atoms with E-state index in [1.54, 1.807) is 0 Å². The van der Waals surface area contributed by atoms with Gasteiger partial charge >= 0.3 is 0 Å². The van der Waals surface area contributed by atoms with Crippen molar-refractivity contribution in [2.24, 2.45) is 0 Å². The maximum Gasteiger partial charge on any atom is 0.0610 e. The van der Waals surface area contributed by atoms with E-state index in [0.29, 0.717) is 12.1 Å². The molecule has 0 spiro atoms. The van der Waals surface area contributed by atoms with Gasteiger partial charge in [-0.3, -0.25) is 0 Å². The molecule has 2 aliphatic rings. The average Bonchev–Trinajstić information content (AvgIpc) is 2.69. The van der Waals surface area contributed by atoms with Crippen molar-refractivity contribution >= 4 is 11.4 Å². The number of nitrogens with one attached hydrogen (secondary N) is 1. The summed E-state index contributed by atoms with van der Waals surface area (Å²) >= 11 is 0. The molecule has 0 unspecified atom stereocenters. The quantitative estimate of drug-likeness (QED) is 0.795. The molecule has 1 aromatic rings. The molecule has 2 heterocycles. The van der Waals surface area contributed by atoms with Crippen LogP contribution in [0.1, 0.15) is 38.7 Å². The van der Waals surface area contributed by atoms with Gasteiger partial charge in [-0.15, -0.1) is 0 Å². The lowest BCUT2D eigenvalue weighted by Crippen LogP contribution is -2.33. The maximum absolute atomic E-state index is 3.61. The first-order valence-corrected chi connectivity index (χ1v) is 6.91. The topological polar surface area (TPSA) is 15.3 Å². The van der Waals surface area contributed by atoms with Gasteiger partial charge in [0, 0.05) is 18.6 Å². The summed E-state index contributed by atoms with van der Waals surface area (Å²) in [5, 5.41) is 3.61. The Hall–Kier alpha value is -1.18. The molecule has 2 heteroatoms. The van der Waals surface area contributed by atoms with Gasteiger partial charge in [-0.05, 0) is 51.2 Å². The van der Waals surface area contributed by atoms with Crippen LogP contribution in [0.2, 0.25) is 0 Å². The Morgan fingerprint density at radius 3 is 2.71 bits per heavy atom. The largest absolute Gasteiger partial charge is 0.383 e. The van der Waals surface area contributed by atoms with Crippen molar-refractivity contribution in [3.63, 3.8) is 0 Å². The van der Waals surface area contributed by atoms with Crippen molar-refractivity contribution in [3.8, 4) is 0 Å². The molecule has 2 aliphatic heterocycles. The monoisotopic (exact) mass is 230 g/mol. The third-order valence-corrected chi connectivity index (χ3v) is 4.28. The molecule has 2 atom stereocenters. The molecule has 0 saturated carbocycles. The summed E-state index contributed by atoms with van der Waals surface area (Å²) in [6.07, 6.45) is 5.14. The summed E-state index contributed by atoms with van der Waals surface area (Å²) in [4.78, 5) is 2.61. The molecular weight excluding hydrogens is 208 g/mol. The van der Waals surface area contributed by atoms with Crippen LogP contribution in [0.15, 0.2) is 18.2 Å². The van der Waals surface area contributed by atoms with Crippen LogP contribution in [-0.4, -0.2) is 18.6 Å². The molecule has 92 valence electrons. The molecule has 1 aromatic carbocycles. The Morgan fingerprint density at radius 2 is 1.94 bits per heavy atom. The molecule has 2 nitrogen and oxygen atoms in total. The Labute approximate surface area is 104 Å². The van der Waals surface area contributed by atoms with E-state index in [1.165, 1.54) is 42.6 Å². The second kappa shape index (κ2) is 4.25. The summed E-state index contributed by atoms with van der Waals surface area (Å²) in [5.74, 6) is 0. The zero-order chi connectivity index (χ0) is 11.8. The molecule has 1 saturated heterocycles. The van der Waals surface area contributed by atoms with Crippen LogP contribution in [-0.2, 0) is 6.42 Å². The third kappa shape index (κ3) is 1.80. The number of aryl methyl sites for hydroxylation is 1. The van der Waals surface area contributed by atoms with Crippen molar-refractivity contribution in [2.45, 2.75) is 51.6 Å². The molecule has 0 radical (unpaired) electrons. The van der Waals surface area contributed by atoms with E-state index in [2.05, 4.69) is 42.3 Å². The van der Waals surface area contributed by atoms with Crippen LogP contribution < -0.4 is 10.2 Å². The molecule has 1 N–H and O–H groups in total. The van der Waals surface area contributed by atoms with Gasteiger partial charge in [-0.2, -0.15) is 0 Å². The van der Waals surface area contributed by atoms with Gasteiger partial charge in [-0.25, -0.2) is 0 Å². The second-order valence-electron chi connectivity index (χ2n) is 5.52. The smallest absolute Gasteiger partial charge is 0.0610 e. The highest BCUT2D eigenvalue weighted by molar-refractivity contribution is 5.75. The molecule has 1 fully saturated rings. The van der Waals surface area contributed by atoms with E-state index in [4.69, 9.17) is 0 Å². The average molecular weight is 230 g/mol. The number of rotatable bonds is 1. The Morgan fingerprint density at radius 1 is 1.18 bits per heavy atom. The van der Waals surface area contributed by atoms with E-state index in [-0.39, 0.29) is 0 Å². The fourth-order valence-corrected chi connectivity index (χ4v) is 3.38. The number of para-hydroxylation sites is 1. The van der Waals surface area contributed by atoms with Crippen molar-refractivity contribution in [1.29, 1.82) is 0 Å². The molecule has 0 aromatic heterocycles. The molecular formula is C15H22N2.